The van der Waals surface area contributed by atoms with Gasteiger partial charge in [0.1, 0.15) is 5.75 Å². The molecule has 1 saturated heterocycles. The lowest BCUT2D eigenvalue weighted by Gasteiger charge is -2.16. The summed E-state index contributed by atoms with van der Waals surface area (Å²) in [4.78, 5) is 2.45. The first kappa shape index (κ1) is 11.5. The predicted octanol–water partition coefficient (Wildman–Crippen LogP) is 2.93. The van der Waals surface area contributed by atoms with E-state index in [0.717, 1.165) is 18.0 Å². The molecular formula is C14H21NO. The molecular weight excluding hydrogens is 198 g/mol. The topological polar surface area (TPSA) is 23.5 Å². The Morgan fingerprint density at radius 1 is 1.44 bits per heavy atom. The molecule has 88 valence electrons. The van der Waals surface area contributed by atoms with Crippen LogP contribution in [0.3, 0.4) is 0 Å². The molecule has 0 bridgehead atoms. The van der Waals surface area contributed by atoms with Crippen molar-refractivity contribution >= 4 is 0 Å². The average Bonchev–Trinajstić information content (AvgIpc) is 2.71. The summed E-state index contributed by atoms with van der Waals surface area (Å²) < 4.78 is 0. The number of aromatic hydroxyl groups is 1. The van der Waals surface area contributed by atoms with Gasteiger partial charge in [-0.15, -0.1) is 0 Å². The van der Waals surface area contributed by atoms with Crippen molar-refractivity contribution in [3.63, 3.8) is 0 Å². The number of hydrogen-bond donors (Lipinski definition) is 1. The fraction of sp³-hybridized carbons (Fsp3) is 0.571. The molecule has 1 heterocycles. The van der Waals surface area contributed by atoms with E-state index in [1.807, 2.05) is 6.07 Å². The van der Waals surface area contributed by atoms with Gasteiger partial charge in [-0.05, 0) is 31.9 Å². The van der Waals surface area contributed by atoms with Crippen LogP contribution < -0.4 is 0 Å². The van der Waals surface area contributed by atoms with Crippen LogP contribution in [0.4, 0.5) is 0 Å². The maximum Gasteiger partial charge on any atom is 0.120 e. The molecule has 1 aliphatic heterocycles. The minimum absolute atomic E-state index is 0.436. The van der Waals surface area contributed by atoms with Crippen molar-refractivity contribution in [3.8, 4) is 5.75 Å². The smallest absolute Gasteiger partial charge is 0.120 e. The zero-order valence-corrected chi connectivity index (χ0v) is 10.2. The summed E-state index contributed by atoms with van der Waals surface area (Å²) in [5.41, 5.74) is 2.29. The number of benzene rings is 1. The molecule has 1 aromatic carbocycles. The second-order valence-corrected chi connectivity index (χ2v) is 4.93. The highest BCUT2D eigenvalue weighted by atomic mass is 16.3. The molecule has 1 aliphatic rings. The van der Waals surface area contributed by atoms with E-state index in [0.29, 0.717) is 5.75 Å². The molecule has 2 heteroatoms. The van der Waals surface area contributed by atoms with Crippen LogP contribution in [0.5, 0.6) is 5.75 Å². The fourth-order valence-electron chi connectivity index (χ4n) is 2.47. The lowest BCUT2D eigenvalue weighted by Crippen LogP contribution is -2.20. The Balaban J connectivity index is 2.01. The van der Waals surface area contributed by atoms with Gasteiger partial charge >= 0.3 is 0 Å². The van der Waals surface area contributed by atoms with E-state index in [1.54, 1.807) is 6.07 Å². The van der Waals surface area contributed by atoms with Crippen LogP contribution in [0.15, 0.2) is 18.2 Å². The van der Waals surface area contributed by atoms with Crippen LogP contribution >= 0.6 is 0 Å². The third-order valence-corrected chi connectivity index (χ3v) is 3.58. The molecule has 2 rings (SSSR count). The Bertz CT molecular complexity index is 362. The van der Waals surface area contributed by atoms with Gasteiger partial charge in [-0.2, -0.15) is 0 Å². The van der Waals surface area contributed by atoms with Gasteiger partial charge < -0.3 is 5.11 Å². The second kappa shape index (κ2) is 4.88. The van der Waals surface area contributed by atoms with E-state index in [1.165, 1.54) is 31.5 Å². The molecule has 2 nitrogen and oxygen atoms in total. The highest BCUT2D eigenvalue weighted by Gasteiger charge is 2.21. The third kappa shape index (κ3) is 2.56. The molecule has 1 fully saturated rings. The molecule has 1 aromatic rings. The zero-order valence-electron chi connectivity index (χ0n) is 10.2. The average molecular weight is 219 g/mol. The first-order valence-corrected chi connectivity index (χ1v) is 6.20. The maximum absolute atomic E-state index is 9.79. The summed E-state index contributed by atoms with van der Waals surface area (Å²) in [6.45, 7) is 7.58. The van der Waals surface area contributed by atoms with Gasteiger partial charge in [0, 0.05) is 18.7 Å². The number of likely N-dealkylation sites (tertiary alicyclic amines) is 1. The van der Waals surface area contributed by atoms with Gasteiger partial charge in [-0.1, -0.05) is 31.0 Å². The molecule has 0 spiro atoms. The normalized spacial score (nSPS) is 21.5. The van der Waals surface area contributed by atoms with Crippen LogP contribution in [0.2, 0.25) is 0 Å². The van der Waals surface area contributed by atoms with Crippen molar-refractivity contribution in [1.29, 1.82) is 0 Å². The summed E-state index contributed by atoms with van der Waals surface area (Å²) in [6, 6.07) is 5.85. The van der Waals surface area contributed by atoms with Gasteiger partial charge in [0.25, 0.3) is 0 Å². The van der Waals surface area contributed by atoms with Crippen LogP contribution in [0, 0.1) is 12.8 Å². The quantitative estimate of drug-likeness (QED) is 0.845. The molecule has 1 atom stereocenters. The molecule has 0 amide bonds. The first-order valence-electron chi connectivity index (χ1n) is 6.20. The maximum atomic E-state index is 9.79. The first-order chi connectivity index (χ1) is 7.69. The third-order valence-electron chi connectivity index (χ3n) is 3.58. The summed E-state index contributed by atoms with van der Waals surface area (Å²) in [5.74, 6) is 1.29. The summed E-state index contributed by atoms with van der Waals surface area (Å²) in [7, 11) is 0. The molecule has 0 aromatic heterocycles. The molecule has 1 N–H and O–H groups in total. The van der Waals surface area contributed by atoms with Crippen LogP contribution in [0.25, 0.3) is 0 Å². The molecule has 16 heavy (non-hydrogen) atoms. The molecule has 1 unspecified atom stereocenters. The SMILES string of the molecule is CCC1CCN(Cc2cc(C)ccc2O)C1. The Hall–Kier alpha value is -1.02. The lowest BCUT2D eigenvalue weighted by atomic mass is 10.1. The Morgan fingerprint density at radius 3 is 2.94 bits per heavy atom. The van der Waals surface area contributed by atoms with Crippen LogP contribution in [-0.2, 0) is 6.54 Å². The fourth-order valence-corrected chi connectivity index (χ4v) is 2.47. The van der Waals surface area contributed by atoms with E-state index in [9.17, 15) is 5.11 Å². The zero-order chi connectivity index (χ0) is 11.5. The van der Waals surface area contributed by atoms with E-state index < -0.39 is 0 Å². The minimum atomic E-state index is 0.436. The van der Waals surface area contributed by atoms with Crippen LogP contribution in [0.1, 0.15) is 30.9 Å². The van der Waals surface area contributed by atoms with Crippen LogP contribution in [-0.4, -0.2) is 23.1 Å². The highest BCUT2D eigenvalue weighted by Crippen LogP contribution is 2.25. The van der Waals surface area contributed by atoms with Crippen molar-refractivity contribution in [2.75, 3.05) is 13.1 Å². The van der Waals surface area contributed by atoms with Gasteiger partial charge in [0.2, 0.25) is 0 Å². The number of rotatable bonds is 3. The van der Waals surface area contributed by atoms with Gasteiger partial charge in [-0.3, -0.25) is 4.90 Å². The van der Waals surface area contributed by atoms with Gasteiger partial charge in [0.15, 0.2) is 0 Å². The number of aryl methyl sites for hydroxylation is 1. The monoisotopic (exact) mass is 219 g/mol. The van der Waals surface area contributed by atoms with Crippen molar-refractivity contribution < 1.29 is 5.11 Å². The minimum Gasteiger partial charge on any atom is -0.508 e. The largest absolute Gasteiger partial charge is 0.508 e. The number of nitrogens with zero attached hydrogens (tertiary/aromatic N) is 1. The Labute approximate surface area is 97.9 Å². The van der Waals surface area contributed by atoms with Gasteiger partial charge in [-0.25, -0.2) is 0 Å². The van der Waals surface area contributed by atoms with E-state index in [-0.39, 0.29) is 0 Å². The summed E-state index contributed by atoms with van der Waals surface area (Å²) in [6.07, 6.45) is 2.58. The predicted molar refractivity (Wildman–Crippen MR) is 66.5 cm³/mol. The summed E-state index contributed by atoms with van der Waals surface area (Å²) >= 11 is 0. The standard InChI is InChI=1S/C14H21NO/c1-3-12-6-7-15(9-12)10-13-8-11(2)4-5-14(13)16/h4-5,8,12,16H,3,6-7,9-10H2,1-2H3. The van der Waals surface area contributed by atoms with E-state index in [4.69, 9.17) is 0 Å². The molecule has 0 aliphatic carbocycles. The number of hydrogen-bond acceptors (Lipinski definition) is 2. The van der Waals surface area contributed by atoms with E-state index >= 15 is 0 Å². The number of phenols is 1. The van der Waals surface area contributed by atoms with Crippen molar-refractivity contribution in [3.05, 3.63) is 29.3 Å². The van der Waals surface area contributed by atoms with Crippen molar-refractivity contribution in [2.24, 2.45) is 5.92 Å². The number of phenolic OH excluding ortho intramolecular Hbond substituents is 1. The highest BCUT2D eigenvalue weighted by molar-refractivity contribution is 5.35. The van der Waals surface area contributed by atoms with Crippen molar-refractivity contribution in [2.45, 2.75) is 33.2 Å². The molecule has 0 saturated carbocycles. The summed E-state index contributed by atoms with van der Waals surface area (Å²) in [5, 5.41) is 9.79. The Morgan fingerprint density at radius 2 is 2.25 bits per heavy atom. The lowest BCUT2D eigenvalue weighted by molar-refractivity contribution is 0.309. The molecule has 0 radical (unpaired) electrons. The van der Waals surface area contributed by atoms with Crippen molar-refractivity contribution in [1.82, 2.24) is 4.90 Å². The van der Waals surface area contributed by atoms with Gasteiger partial charge in [0.05, 0.1) is 0 Å². The Kier molecular flexibility index (Phi) is 3.49. The second-order valence-electron chi connectivity index (χ2n) is 4.93. The van der Waals surface area contributed by atoms with E-state index in [2.05, 4.69) is 24.8 Å².